The maximum Gasteiger partial charge on any atom is 0.307 e. The highest BCUT2D eigenvalue weighted by Crippen LogP contribution is 2.41. The predicted molar refractivity (Wildman–Crippen MR) is 129 cm³/mol. The molecule has 7 heteroatoms. The van der Waals surface area contributed by atoms with E-state index in [-0.39, 0.29) is 24.5 Å². The molecule has 0 aliphatic carbocycles. The van der Waals surface area contributed by atoms with Crippen molar-refractivity contribution in [3.63, 3.8) is 0 Å². The molecule has 0 amide bonds. The molecule has 3 aromatic rings. The van der Waals surface area contributed by atoms with E-state index in [2.05, 4.69) is 70.9 Å². The highest BCUT2D eigenvalue weighted by Gasteiger charge is 2.41. The Morgan fingerprint density at radius 1 is 1.16 bits per heavy atom. The molecule has 0 radical (unpaired) electrons. The normalized spacial score (nSPS) is 18.0. The van der Waals surface area contributed by atoms with Gasteiger partial charge in [0.05, 0.1) is 31.3 Å². The lowest BCUT2D eigenvalue weighted by atomic mass is 9.96. The van der Waals surface area contributed by atoms with E-state index in [0.717, 1.165) is 22.8 Å². The summed E-state index contributed by atoms with van der Waals surface area (Å²) in [4.78, 5) is 18.6. The van der Waals surface area contributed by atoms with E-state index in [4.69, 9.17) is 17.0 Å². The maximum absolute atomic E-state index is 11.9. The van der Waals surface area contributed by atoms with Crippen LogP contribution in [0.2, 0.25) is 0 Å². The number of aryl methyl sites for hydroxylation is 2. The van der Waals surface area contributed by atoms with Gasteiger partial charge >= 0.3 is 5.97 Å². The summed E-state index contributed by atoms with van der Waals surface area (Å²) < 4.78 is 7.16. The molecule has 1 aliphatic heterocycles. The zero-order valence-corrected chi connectivity index (χ0v) is 19.6. The Kier molecular flexibility index (Phi) is 6.28. The summed E-state index contributed by atoms with van der Waals surface area (Å²) >= 11 is 5.71. The number of thiocarbonyl (C=S) groups is 1. The number of carbonyl (C=O) groups is 1. The van der Waals surface area contributed by atoms with Gasteiger partial charge in [0.2, 0.25) is 0 Å². The van der Waals surface area contributed by atoms with E-state index in [1.807, 2.05) is 18.2 Å². The number of nitrogens with zero attached hydrogens (tertiary/aromatic N) is 3. The summed E-state index contributed by atoms with van der Waals surface area (Å²) in [5, 5.41) is 4.07. The standard InChI is InChI=1S/C25H28N4O2S/c1-16-9-5-6-11-21(16)29-17(2)15-19(18(29)3)24-23(20-10-7-8-13-26-20)27-25(32)28(24)14-12-22(30)31-4/h5-11,13,15,23-24H,12,14H2,1-4H3,(H,27,32)/t23-,24+/m0/s1. The van der Waals surface area contributed by atoms with Gasteiger partial charge in [-0.25, -0.2) is 0 Å². The van der Waals surface area contributed by atoms with Gasteiger partial charge in [0, 0.05) is 29.8 Å². The first-order chi connectivity index (χ1) is 15.4. The number of rotatable bonds is 6. The average molecular weight is 449 g/mol. The van der Waals surface area contributed by atoms with Crippen LogP contribution in [0.3, 0.4) is 0 Å². The van der Waals surface area contributed by atoms with Gasteiger partial charge < -0.3 is 19.5 Å². The summed E-state index contributed by atoms with van der Waals surface area (Å²) in [7, 11) is 1.41. The summed E-state index contributed by atoms with van der Waals surface area (Å²) in [6.45, 7) is 6.86. The summed E-state index contributed by atoms with van der Waals surface area (Å²) in [5.74, 6) is -0.252. The molecule has 1 fully saturated rings. The molecular weight excluding hydrogens is 420 g/mol. The fourth-order valence-corrected chi connectivity index (χ4v) is 4.90. The molecule has 2 aromatic heterocycles. The van der Waals surface area contributed by atoms with Crippen LogP contribution in [-0.4, -0.2) is 39.2 Å². The van der Waals surface area contributed by atoms with Crippen LogP contribution in [0.1, 0.15) is 46.7 Å². The molecule has 1 aliphatic rings. The Morgan fingerprint density at radius 2 is 1.91 bits per heavy atom. The number of ether oxygens (including phenoxy) is 1. The van der Waals surface area contributed by atoms with Gasteiger partial charge in [0.25, 0.3) is 0 Å². The second kappa shape index (κ2) is 9.12. The van der Waals surface area contributed by atoms with Crippen molar-refractivity contribution in [3.05, 3.63) is 82.9 Å². The van der Waals surface area contributed by atoms with Crippen LogP contribution in [0.15, 0.2) is 54.7 Å². The first-order valence-electron chi connectivity index (χ1n) is 10.7. The van der Waals surface area contributed by atoms with Gasteiger partial charge in [0.1, 0.15) is 0 Å². The SMILES string of the molecule is COC(=O)CCN1C(=S)N[C@@H](c2ccccn2)[C@H]1c1cc(C)n(-c2ccccc2C)c1C. The number of esters is 1. The summed E-state index contributed by atoms with van der Waals surface area (Å²) in [5.41, 5.74) is 6.76. The Bertz CT molecular complexity index is 1140. The van der Waals surface area contributed by atoms with E-state index in [0.29, 0.717) is 11.7 Å². The summed E-state index contributed by atoms with van der Waals surface area (Å²) in [6, 6.07) is 16.3. The fraction of sp³-hybridized carbons (Fsp3) is 0.320. The Morgan fingerprint density at radius 3 is 2.59 bits per heavy atom. The number of para-hydroxylation sites is 1. The van der Waals surface area contributed by atoms with Crippen LogP contribution in [-0.2, 0) is 9.53 Å². The second-order valence-electron chi connectivity index (χ2n) is 8.09. The number of hydrogen-bond acceptors (Lipinski definition) is 4. The predicted octanol–water partition coefficient (Wildman–Crippen LogP) is 4.33. The molecule has 1 saturated heterocycles. The molecule has 2 atom stereocenters. The zero-order chi connectivity index (χ0) is 22.8. The van der Waals surface area contributed by atoms with Crippen molar-refractivity contribution in [2.75, 3.05) is 13.7 Å². The van der Waals surface area contributed by atoms with Crippen LogP contribution >= 0.6 is 12.2 Å². The number of benzene rings is 1. The molecule has 0 spiro atoms. The third kappa shape index (κ3) is 4.00. The topological polar surface area (TPSA) is 59.4 Å². The Hall–Kier alpha value is -3.19. The van der Waals surface area contributed by atoms with Gasteiger partial charge in [-0.1, -0.05) is 24.3 Å². The first-order valence-corrected chi connectivity index (χ1v) is 11.1. The average Bonchev–Trinajstić information content (AvgIpc) is 3.28. The van der Waals surface area contributed by atoms with E-state index in [1.54, 1.807) is 6.20 Å². The minimum absolute atomic E-state index is 0.0916. The van der Waals surface area contributed by atoms with Crippen molar-refractivity contribution in [1.82, 2.24) is 19.8 Å². The molecule has 1 aromatic carbocycles. The number of pyridine rings is 1. The summed E-state index contributed by atoms with van der Waals surface area (Å²) in [6.07, 6.45) is 2.06. The highest BCUT2D eigenvalue weighted by molar-refractivity contribution is 7.80. The van der Waals surface area contributed by atoms with Gasteiger partial charge in [0.15, 0.2) is 5.11 Å². The lowest BCUT2D eigenvalue weighted by molar-refractivity contribution is -0.140. The third-order valence-corrected chi connectivity index (χ3v) is 6.48. The molecular formula is C25H28N4O2S. The minimum Gasteiger partial charge on any atom is -0.469 e. The van der Waals surface area contributed by atoms with Crippen LogP contribution in [0.5, 0.6) is 0 Å². The van der Waals surface area contributed by atoms with Gasteiger partial charge in [-0.2, -0.15) is 0 Å². The number of carbonyl (C=O) groups excluding carboxylic acids is 1. The van der Waals surface area contributed by atoms with Crippen molar-refractivity contribution in [1.29, 1.82) is 0 Å². The van der Waals surface area contributed by atoms with Crippen molar-refractivity contribution in [2.24, 2.45) is 0 Å². The van der Waals surface area contributed by atoms with Gasteiger partial charge in [-0.15, -0.1) is 0 Å². The lowest BCUT2D eigenvalue weighted by Crippen LogP contribution is -2.32. The number of nitrogens with one attached hydrogen (secondary N) is 1. The van der Waals surface area contributed by atoms with Gasteiger partial charge in [-0.05, 0) is 68.4 Å². The minimum atomic E-state index is -0.252. The van der Waals surface area contributed by atoms with Crippen LogP contribution < -0.4 is 5.32 Å². The molecule has 1 N–H and O–H groups in total. The highest BCUT2D eigenvalue weighted by atomic mass is 32.1. The molecule has 4 rings (SSSR count). The Balaban J connectivity index is 1.81. The van der Waals surface area contributed by atoms with Crippen molar-refractivity contribution in [2.45, 2.75) is 39.3 Å². The third-order valence-electron chi connectivity index (χ3n) is 6.13. The van der Waals surface area contributed by atoms with Crippen LogP contribution in [0.4, 0.5) is 0 Å². The largest absolute Gasteiger partial charge is 0.469 e. The number of hydrogen-bond donors (Lipinski definition) is 1. The fourth-order valence-electron chi connectivity index (χ4n) is 4.57. The number of methoxy groups -OCH3 is 1. The Labute approximate surface area is 194 Å². The van der Waals surface area contributed by atoms with Crippen molar-refractivity contribution in [3.8, 4) is 5.69 Å². The lowest BCUT2D eigenvalue weighted by Gasteiger charge is -2.28. The quantitative estimate of drug-likeness (QED) is 0.447. The molecule has 0 saturated carbocycles. The van der Waals surface area contributed by atoms with E-state index in [1.165, 1.54) is 18.2 Å². The molecule has 0 bridgehead atoms. The molecule has 0 unspecified atom stereocenters. The zero-order valence-electron chi connectivity index (χ0n) is 18.8. The van der Waals surface area contributed by atoms with Gasteiger partial charge in [-0.3, -0.25) is 9.78 Å². The first kappa shape index (κ1) is 22.0. The number of aromatic nitrogens is 2. The molecule has 3 heterocycles. The maximum atomic E-state index is 11.9. The van der Waals surface area contributed by atoms with Crippen LogP contribution in [0, 0.1) is 20.8 Å². The smallest absolute Gasteiger partial charge is 0.307 e. The molecule has 6 nitrogen and oxygen atoms in total. The van der Waals surface area contributed by atoms with E-state index >= 15 is 0 Å². The van der Waals surface area contributed by atoms with Crippen LogP contribution in [0.25, 0.3) is 5.69 Å². The van der Waals surface area contributed by atoms with E-state index < -0.39 is 0 Å². The monoisotopic (exact) mass is 448 g/mol. The molecule has 32 heavy (non-hydrogen) atoms. The second-order valence-corrected chi connectivity index (χ2v) is 8.48. The van der Waals surface area contributed by atoms with Crippen molar-refractivity contribution >= 4 is 23.3 Å². The van der Waals surface area contributed by atoms with Crippen molar-refractivity contribution < 1.29 is 9.53 Å². The molecule has 166 valence electrons. The van der Waals surface area contributed by atoms with E-state index in [9.17, 15) is 4.79 Å².